The van der Waals surface area contributed by atoms with Crippen molar-refractivity contribution >= 4 is 37.1 Å². The molecule has 0 amide bonds. The van der Waals surface area contributed by atoms with E-state index in [4.69, 9.17) is 0 Å². The van der Waals surface area contributed by atoms with Crippen molar-refractivity contribution in [2.24, 2.45) is 0 Å². The number of benzene rings is 5. The minimum absolute atomic E-state index is 0.0702. The fourth-order valence-electron chi connectivity index (χ4n) is 7.89. The van der Waals surface area contributed by atoms with Gasteiger partial charge in [0, 0.05) is 37.1 Å². The summed E-state index contributed by atoms with van der Waals surface area (Å²) in [6.45, 7) is 10.8. The first kappa shape index (κ1) is 26.6. The van der Waals surface area contributed by atoms with Gasteiger partial charge in [0.05, 0.1) is 11.6 Å². The molecule has 44 heavy (non-hydrogen) atoms. The van der Waals surface area contributed by atoms with E-state index in [1.54, 1.807) is 0 Å². The zero-order valence-corrected chi connectivity index (χ0v) is 25.9. The molecule has 0 saturated heterocycles. The maximum atomic E-state index is 10.4. The number of hydrogen-bond donors (Lipinski definition) is 0. The Hall–Kier alpha value is -4.97. The minimum Gasteiger partial charge on any atom is -0.192 e. The van der Waals surface area contributed by atoms with Crippen LogP contribution >= 0.6 is 11.3 Å². The van der Waals surface area contributed by atoms with Crippen LogP contribution in [0.4, 0.5) is 0 Å². The third-order valence-corrected chi connectivity index (χ3v) is 11.0. The molecule has 2 aliphatic carbocycles. The third kappa shape index (κ3) is 3.63. The second-order valence-corrected chi connectivity index (χ2v) is 13.5. The normalized spacial score (nSPS) is 15.1. The van der Waals surface area contributed by atoms with Gasteiger partial charge >= 0.3 is 0 Å². The maximum Gasteiger partial charge on any atom is 0.0998 e. The van der Waals surface area contributed by atoms with E-state index in [0.717, 1.165) is 11.1 Å². The largest absolute Gasteiger partial charge is 0.192 e. The molecule has 1 aromatic heterocycles. The molecule has 2 aliphatic rings. The molecule has 0 bridgehead atoms. The third-order valence-electron chi connectivity index (χ3n) is 9.80. The zero-order valence-electron chi connectivity index (χ0n) is 25.1. The number of fused-ring (bicyclic) bond motifs is 8. The molecule has 0 aliphatic heterocycles. The molecule has 2 heteroatoms. The standard InChI is InChI=1S/C42H31NS/c1-5-6-18-36-25(2)28-20-21-33-35-23-26(19-22-37(35)44-41(33)40(28)42(36,3)4)38-27(24-43)12-11-17-34(38)39-31-15-9-7-13-29(31)30-14-8-10-16-32(30)39/h5-23,39H,1H2,2-4H3/b18-6-. The summed E-state index contributed by atoms with van der Waals surface area (Å²) < 4.78 is 2.63. The first-order chi connectivity index (χ1) is 21.4. The highest BCUT2D eigenvalue weighted by Crippen LogP contribution is 2.54. The van der Waals surface area contributed by atoms with Gasteiger partial charge in [0.1, 0.15) is 0 Å². The van der Waals surface area contributed by atoms with Crippen molar-refractivity contribution in [2.75, 3.05) is 0 Å². The van der Waals surface area contributed by atoms with Crippen LogP contribution in [0.3, 0.4) is 0 Å². The van der Waals surface area contributed by atoms with Crippen molar-refractivity contribution in [3.63, 3.8) is 0 Å². The lowest BCUT2D eigenvalue weighted by Crippen LogP contribution is -2.16. The lowest BCUT2D eigenvalue weighted by molar-refractivity contribution is 0.661. The lowest BCUT2D eigenvalue weighted by Gasteiger charge is -2.23. The molecule has 0 spiro atoms. The first-order valence-electron chi connectivity index (χ1n) is 15.2. The van der Waals surface area contributed by atoms with Crippen molar-refractivity contribution in [3.8, 4) is 28.3 Å². The Balaban J connectivity index is 1.35. The summed E-state index contributed by atoms with van der Waals surface area (Å²) in [6, 6.07) is 37.6. The highest BCUT2D eigenvalue weighted by atomic mass is 32.1. The summed E-state index contributed by atoms with van der Waals surface area (Å²) in [4.78, 5) is 0. The Kier molecular flexibility index (Phi) is 5.92. The number of nitrogens with zero attached hydrogens (tertiary/aromatic N) is 1. The molecule has 0 fully saturated rings. The van der Waals surface area contributed by atoms with Gasteiger partial charge in [-0.15, -0.1) is 11.3 Å². The van der Waals surface area contributed by atoms with Crippen molar-refractivity contribution < 1.29 is 0 Å². The molecule has 0 radical (unpaired) electrons. The number of allylic oxidation sites excluding steroid dienone is 5. The van der Waals surface area contributed by atoms with Gasteiger partial charge in [-0.2, -0.15) is 5.26 Å². The second-order valence-electron chi connectivity index (χ2n) is 12.4. The zero-order chi connectivity index (χ0) is 30.2. The molecule has 5 aromatic carbocycles. The van der Waals surface area contributed by atoms with E-state index in [1.165, 1.54) is 70.3 Å². The summed E-state index contributed by atoms with van der Waals surface area (Å²) in [5.74, 6) is 0.0702. The van der Waals surface area contributed by atoms with Gasteiger partial charge in [0.2, 0.25) is 0 Å². The molecule has 6 aromatic rings. The van der Waals surface area contributed by atoms with Crippen molar-refractivity contribution in [3.05, 3.63) is 161 Å². The Morgan fingerprint density at radius 1 is 0.795 bits per heavy atom. The monoisotopic (exact) mass is 581 g/mol. The van der Waals surface area contributed by atoms with Crippen molar-refractivity contribution in [1.29, 1.82) is 5.26 Å². The van der Waals surface area contributed by atoms with Crippen LogP contribution in [0.5, 0.6) is 0 Å². The van der Waals surface area contributed by atoms with E-state index in [1.807, 2.05) is 35.6 Å². The van der Waals surface area contributed by atoms with Crippen LogP contribution in [0.25, 0.3) is 48.0 Å². The van der Waals surface area contributed by atoms with Crippen LogP contribution in [0, 0.1) is 11.3 Å². The average Bonchev–Trinajstić information content (AvgIpc) is 3.64. The summed E-state index contributed by atoms with van der Waals surface area (Å²) in [6.07, 6.45) is 6.12. The van der Waals surface area contributed by atoms with Crippen LogP contribution in [0.1, 0.15) is 60.1 Å². The topological polar surface area (TPSA) is 23.8 Å². The van der Waals surface area contributed by atoms with Gasteiger partial charge in [-0.05, 0) is 80.8 Å². The minimum atomic E-state index is -0.105. The van der Waals surface area contributed by atoms with Gasteiger partial charge in [0.25, 0.3) is 0 Å². The van der Waals surface area contributed by atoms with E-state index in [9.17, 15) is 5.26 Å². The van der Waals surface area contributed by atoms with Crippen LogP contribution in [0.15, 0.2) is 127 Å². The van der Waals surface area contributed by atoms with Crippen LogP contribution in [0.2, 0.25) is 0 Å². The number of nitriles is 1. The fourth-order valence-corrected chi connectivity index (χ4v) is 9.28. The van der Waals surface area contributed by atoms with Crippen molar-refractivity contribution in [2.45, 2.75) is 32.1 Å². The van der Waals surface area contributed by atoms with Crippen molar-refractivity contribution in [1.82, 2.24) is 0 Å². The molecule has 1 heterocycles. The number of rotatable bonds is 4. The highest BCUT2D eigenvalue weighted by Gasteiger charge is 2.37. The van der Waals surface area contributed by atoms with Gasteiger partial charge < -0.3 is 0 Å². The predicted octanol–water partition coefficient (Wildman–Crippen LogP) is 11.6. The molecule has 0 unspecified atom stereocenters. The number of thiophene rings is 1. The molecule has 8 rings (SSSR count). The summed E-state index contributed by atoms with van der Waals surface area (Å²) in [7, 11) is 0. The Morgan fingerprint density at radius 3 is 2.20 bits per heavy atom. The highest BCUT2D eigenvalue weighted by molar-refractivity contribution is 7.26. The smallest absolute Gasteiger partial charge is 0.0998 e. The Bertz CT molecular complexity index is 2250. The summed E-state index contributed by atoms with van der Waals surface area (Å²) in [5.41, 5.74) is 14.5. The molecule has 0 N–H and O–H groups in total. The summed E-state index contributed by atoms with van der Waals surface area (Å²) in [5, 5.41) is 12.9. The first-order valence-corrected chi connectivity index (χ1v) is 16.0. The lowest BCUT2D eigenvalue weighted by atomic mass is 9.80. The molecule has 0 atom stereocenters. The van der Waals surface area contributed by atoms with Crippen LogP contribution < -0.4 is 0 Å². The molecular weight excluding hydrogens is 551 g/mol. The van der Waals surface area contributed by atoms with Crippen LogP contribution in [-0.4, -0.2) is 0 Å². The number of hydrogen-bond acceptors (Lipinski definition) is 2. The molecule has 210 valence electrons. The second kappa shape index (κ2) is 9.78. The molecule has 1 nitrogen and oxygen atoms in total. The SMILES string of the molecule is C=C/C=C\C1=C(C)c2ccc3c(sc4ccc(-c5c(C#N)cccc5C5c6ccccc6-c6ccccc65)cc43)c2C1(C)C. The molecule has 0 saturated carbocycles. The van der Waals surface area contributed by atoms with E-state index >= 15 is 0 Å². The quantitative estimate of drug-likeness (QED) is 0.190. The maximum absolute atomic E-state index is 10.4. The Labute approximate surface area is 262 Å². The van der Waals surface area contributed by atoms with E-state index in [0.29, 0.717) is 5.56 Å². The summed E-state index contributed by atoms with van der Waals surface area (Å²) >= 11 is 1.89. The van der Waals surface area contributed by atoms with E-state index in [-0.39, 0.29) is 11.3 Å². The van der Waals surface area contributed by atoms with E-state index < -0.39 is 0 Å². The Morgan fingerprint density at radius 2 is 1.50 bits per heavy atom. The van der Waals surface area contributed by atoms with Gasteiger partial charge in [0.15, 0.2) is 0 Å². The average molecular weight is 582 g/mol. The van der Waals surface area contributed by atoms with Gasteiger partial charge in [-0.1, -0.05) is 118 Å². The fraction of sp³-hybridized carbons (Fsp3) is 0.119. The predicted molar refractivity (Wildman–Crippen MR) is 187 cm³/mol. The van der Waals surface area contributed by atoms with E-state index in [2.05, 4.69) is 124 Å². The van der Waals surface area contributed by atoms with Gasteiger partial charge in [-0.3, -0.25) is 0 Å². The van der Waals surface area contributed by atoms with Gasteiger partial charge in [-0.25, -0.2) is 0 Å². The van der Waals surface area contributed by atoms with Crippen LogP contribution in [-0.2, 0) is 5.41 Å². The molecular formula is C42H31NS.